The summed E-state index contributed by atoms with van der Waals surface area (Å²) in [5.41, 5.74) is 1.23. The Hall–Kier alpha value is -2.63. The number of anilines is 2. The van der Waals surface area contributed by atoms with Gasteiger partial charge in [-0.15, -0.1) is 0 Å². The number of benzene rings is 2. The third kappa shape index (κ3) is 4.92. The van der Waals surface area contributed by atoms with Gasteiger partial charge in [0.05, 0.1) is 13.0 Å². The highest BCUT2D eigenvalue weighted by Crippen LogP contribution is 2.25. The van der Waals surface area contributed by atoms with Crippen LogP contribution in [0.15, 0.2) is 42.5 Å². The fourth-order valence-electron chi connectivity index (χ4n) is 2.82. The molecule has 1 N–H and O–H groups in total. The van der Waals surface area contributed by atoms with Crippen LogP contribution in [0.4, 0.5) is 20.2 Å². The van der Waals surface area contributed by atoms with E-state index < -0.39 is 0 Å². The van der Waals surface area contributed by atoms with Crippen LogP contribution in [0.1, 0.15) is 19.3 Å². The summed E-state index contributed by atoms with van der Waals surface area (Å²) in [5.74, 6) is -0.483. The second-order valence-electron chi connectivity index (χ2n) is 5.99. The summed E-state index contributed by atoms with van der Waals surface area (Å²) in [6.45, 7) is 1.97. The van der Waals surface area contributed by atoms with Gasteiger partial charge in [-0.05, 0) is 55.3 Å². The maximum absolute atomic E-state index is 13.8. The minimum absolute atomic E-state index is 0.118. The van der Waals surface area contributed by atoms with Crippen LogP contribution in [-0.2, 0) is 4.79 Å². The number of carbonyl (C=O) groups is 1. The smallest absolute Gasteiger partial charge is 0.227 e. The molecule has 1 aliphatic rings. The van der Waals surface area contributed by atoms with Crippen molar-refractivity contribution in [1.82, 2.24) is 0 Å². The zero-order chi connectivity index (χ0) is 17.6. The molecule has 4 nitrogen and oxygen atoms in total. The van der Waals surface area contributed by atoms with Gasteiger partial charge in [-0.1, -0.05) is 0 Å². The molecule has 1 fully saturated rings. The van der Waals surface area contributed by atoms with Gasteiger partial charge < -0.3 is 15.0 Å². The monoisotopic (exact) mass is 346 g/mol. The van der Waals surface area contributed by atoms with Crippen LogP contribution < -0.4 is 15.0 Å². The molecule has 1 amide bonds. The Bertz CT molecular complexity index is 729. The first-order chi connectivity index (χ1) is 12.1. The van der Waals surface area contributed by atoms with Crippen LogP contribution in [0.3, 0.4) is 0 Å². The lowest BCUT2D eigenvalue weighted by molar-refractivity contribution is -0.116. The largest absolute Gasteiger partial charge is 0.493 e. The molecule has 0 atom stereocenters. The normalized spacial score (nSPS) is 13.8. The van der Waals surface area contributed by atoms with Gasteiger partial charge in [0.25, 0.3) is 0 Å². The Morgan fingerprint density at radius 3 is 2.48 bits per heavy atom. The van der Waals surface area contributed by atoms with E-state index in [0.29, 0.717) is 11.4 Å². The lowest BCUT2D eigenvalue weighted by Crippen LogP contribution is -2.19. The summed E-state index contributed by atoms with van der Waals surface area (Å²) in [6.07, 6.45) is 2.31. The number of amides is 1. The van der Waals surface area contributed by atoms with Crippen molar-refractivity contribution >= 4 is 17.3 Å². The molecule has 6 heteroatoms. The molecule has 0 radical (unpaired) electrons. The van der Waals surface area contributed by atoms with Gasteiger partial charge in [0.15, 0.2) is 0 Å². The molecular weight excluding hydrogens is 326 g/mol. The minimum atomic E-state index is -0.373. The van der Waals surface area contributed by atoms with Crippen molar-refractivity contribution in [2.75, 3.05) is 29.9 Å². The van der Waals surface area contributed by atoms with E-state index in [1.807, 2.05) is 0 Å². The molecule has 0 saturated carbocycles. The summed E-state index contributed by atoms with van der Waals surface area (Å²) in [4.78, 5) is 14.1. The van der Waals surface area contributed by atoms with E-state index in [4.69, 9.17) is 4.74 Å². The van der Waals surface area contributed by atoms with Crippen LogP contribution in [-0.4, -0.2) is 25.6 Å². The first-order valence-corrected chi connectivity index (χ1v) is 8.34. The Kier molecular flexibility index (Phi) is 5.48. The standard InChI is InChI=1S/C19H20F2N2O2/c20-14-3-5-18(6-4-14)25-10-7-19(24)22-16-11-15(21)12-17(13-16)23-8-1-2-9-23/h3-6,11-13H,1-2,7-10H2,(H,22,24). The molecule has 132 valence electrons. The van der Waals surface area contributed by atoms with E-state index in [9.17, 15) is 13.6 Å². The van der Waals surface area contributed by atoms with Crippen LogP contribution in [0, 0.1) is 11.6 Å². The minimum Gasteiger partial charge on any atom is -0.493 e. The topological polar surface area (TPSA) is 41.6 Å². The van der Waals surface area contributed by atoms with E-state index in [0.717, 1.165) is 31.6 Å². The fourth-order valence-corrected chi connectivity index (χ4v) is 2.82. The number of ether oxygens (including phenoxy) is 1. The summed E-state index contributed by atoms with van der Waals surface area (Å²) in [5, 5.41) is 2.70. The summed E-state index contributed by atoms with van der Waals surface area (Å²) in [7, 11) is 0. The maximum Gasteiger partial charge on any atom is 0.227 e. The average molecular weight is 346 g/mol. The Morgan fingerprint density at radius 1 is 1.04 bits per heavy atom. The predicted molar refractivity (Wildman–Crippen MR) is 93.0 cm³/mol. The van der Waals surface area contributed by atoms with Gasteiger partial charge in [0.1, 0.15) is 17.4 Å². The van der Waals surface area contributed by atoms with Gasteiger partial charge in [-0.25, -0.2) is 8.78 Å². The van der Waals surface area contributed by atoms with Crippen molar-refractivity contribution in [3.8, 4) is 5.75 Å². The first kappa shape index (κ1) is 17.2. The lowest BCUT2D eigenvalue weighted by Gasteiger charge is -2.18. The van der Waals surface area contributed by atoms with Crippen LogP contribution in [0.2, 0.25) is 0 Å². The Labute approximate surface area is 145 Å². The molecule has 0 spiro atoms. The van der Waals surface area contributed by atoms with Crippen LogP contribution >= 0.6 is 0 Å². The van der Waals surface area contributed by atoms with Crippen molar-refractivity contribution in [2.24, 2.45) is 0 Å². The molecule has 0 aromatic heterocycles. The molecule has 0 bridgehead atoms. The van der Waals surface area contributed by atoms with Gasteiger partial charge in [0.2, 0.25) is 5.91 Å². The number of halogens is 2. The molecule has 25 heavy (non-hydrogen) atoms. The van der Waals surface area contributed by atoms with E-state index in [2.05, 4.69) is 10.2 Å². The third-order valence-electron chi connectivity index (χ3n) is 4.05. The van der Waals surface area contributed by atoms with Crippen LogP contribution in [0.5, 0.6) is 5.75 Å². The number of nitrogens with one attached hydrogen (secondary N) is 1. The van der Waals surface area contributed by atoms with Gasteiger partial charge in [-0.2, -0.15) is 0 Å². The number of carbonyl (C=O) groups excluding carboxylic acids is 1. The van der Waals surface area contributed by atoms with Crippen molar-refractivity contribution in [3.05, 3.63) is 54.1 Å². The predicted octanol–water partition coefficient (Wildman–Crippen LogP) is 3.97. The Balaban J connectivity index is 1.52. The zero-order valence-corrected chi connectivity index (χ0v) is 13.8. The van der Waals surface area contributed by atoms with E-state index in [1.54, 1.807) is 6.07 Å². The molecule has 0 unspecified atom stereocenters. The van der Waals surface area contributed by atoms with Crippen LogP contribution in [0.25, 0.3) is 0 Å². The molecule has 2 aromatic carbocycles. The molecule has 1 aliphatic heterocycles. The van der Waals surface area contributed by atoms with Crippen molar-refractivity contribution < 1.29 is 18.3 Å². The second kappa shape index (κ2) is 7.96. The van der Waals surface area contributed by atoms with Crippen molar-refractivity contribution in [1.29, 1.82) is 0 Å². The number of nitrogens with zero attached hydrogens (tertiary/aromatic N) is 1. The van der Waals surface area contributed by atoms with Crippen molar-refractivity contribution in [2.45, 2.75) is 19.3 Å². The van der Waals surface area contributed by atoms with Gasteiger partial charge in [0, 0.05) is 24.5 Å². The highest BCUT2D eigenvalue weighted by Gasteiger charge is 2.14. The van der Waals surface area contributed by atoms with E-state index in [1.165, 1.54) is 36.4 Å². The third-order valence-corrected chi connectivity index (χ3v) is 4.05. The number of hydrogen-bond donors (Lipinski definition) is 1. The van der Waals surface area contributed by atoms with E-state index >= 15 is 0 Å². The maximum atomic E-state index is 13.8. The SMILES string of the molecule is O=C(CCOc1ccc(F)cc1)Nc1cc(F)cc(N2CCCC2)c1. The van der Waals surface area contributed by atoms with Crippen molar-refractivity contribution in [3.63, 3.8) is 0 Å². The molecule has 2 aromatic rings. The molecule has 0 aliphatic carbocycles. The van der Waals surface area contributed by atoms with E-state index in [-0.39, 0.29) is 30.6 Å². The number of rotatable bonds is 6. The fraction of sp³-hybridized carbons (Fsp3) is 0.316. The first-order valence-electron chi connectivity index (χ1n) is 8.34. The highest BCUT2D eigenvalue weighted by atomic mass is 19.1. The summed E-state index contributed by atoms with van der Waals surface area (Å²) < 4.78 is 32.0. The molecule has 1 heterocycles. The molecule has 1 saturated heterocycles. The Morgan fingerprint density at radius 2 is 1.76 bits per heavy atom. The highest BCUT2D eigenvalue weighted by molar-refractivity contribution is 5.91. The molecule has 3 rings (SSSR count). The molecular formula is C19H20F2N2O2. The summed E-state index contributed by atoms with van der Waals surface area (Å²) >= 11 is 0. The lowest BCUT2D eigenvalue weighted by atomic mass is 10.2. The quantitative estimate of drug-likeness (QED) is 0.860. The average Bonchev–Trinajstić information content (AvgIpc) is 3.11. The number of hydrogen-bond acceptors (Lipinski definition) is 3. The van der Waals surface area contributed by atoms with Gasteiger partial charge in [-0.3, -0.25) is 4.79 Å². The van der Waals surface area contributed by atoms with Gasteiger partial charge >= 0.3 is 0 Å². The zero-order valence-electron chi connectivity index (χ0n) is 13.8. The second-order valence-corrected chi connectivity index (χ2v) is 5.99. The summed E-state index contributed by atoms with van der Waals surface area (Å²) in [6, 6.07) is 10.2.